The van der Waals surface area contributed by atoms with Gasteiger partial charge in [0, 0.05) is 0 Å². The van der Waals surface area contributed by atoms with Gasteiger partial charge in [-0.25, -0.2) is 0 Å². The maximum absolute atomic E-state index is 14.4. The van der Waals surface area contributed by atoms with Crippen molar-refractivity contribution in [1.29, 1.82) is 0 Å². The van der Waals surface area contributed by atoms with Crippen molar-refractivity contribution in [1.82, 2.24) is 30.5 Å². The Morgan fingerprint density at radius 1 is 1.24 bits per heavy atom. The molecule has 5 rings (SSSR count). The van der Waals surface area contributed by atoms with E-state index < -0.39 is 11.6 Å². The fraction of sp³-hybridized carbons (Fsp3) is 0.348. The summed E-state index contributed by atoms with van der Waals surface area (Å²) < 4.78 is 35.5. The molecule has 2 aromatic heterocycles. The molecule has 8 nitrogen and oxygen atoms in total. The Morgan fingerprint density at radius 2 is 2.06 bits per heavy atom. The summed E-state index contributed by atoms with van der Waals surface area (Å²) in [4.78, 5) is 17.6. The van der Waals surface area contributed by atoms with Crippen LogP contribution in [-0.2, 0) is 9.53 Å². The van der Waals surface area contributed by atoms with Crippen LogP contribution in [0.1, 0.15) is 24.8 Å². The van der Waals surface area contributed by atoms with E-state index >= 15 is 0 Å². The summed E-state index contributed by atoms with van der Waals surface area (Å²) in [5.74, 6) is -1.55. The molecule has 1 fully saturated rings. The van der Waals surface area contributed by atoms with Crippen molar-refractivity contribution >= 4 is 32.7 Å². The maximum atomic E-state index is 14.4. The Kier molecular flexibility index (Phi) is 6.63. The molecular weight excluding hydrogens is 505 g/mol. The van der Waals surface area contributed by atoms with Crippen LogP contribution in [0.4, 0.5) is 8.78 Å². The van der Waals surface area contributed by atoms with E-state index in [1.54, 1.807) is 6.20 Å². The van der Waals surface area contributed by atoms with Crippen molar-refractivity contribution in [3.05, 3.63) is 53.7 Å². The van der Waals surface area contributed by atoms with Gasteiger partial charge in [-0.2, -0.15) is 0 Å². The van der Waals surface area contributed by atoms with Gasteiger partial charge < -0.3 is 0 Å². The van der Waals surface area contributed by atoms with Crippen LogP contribution in [0.15, 0.2) is 36.5 Å². The van der Waals surface area contributed by atoms with Gasteiger partial charge in [0.2, 0.25) is 0 Å². The molecule has 1 aromatic carbocycles. The monoisotopic (exact) mass is 528 g/mol. The van der Waals surface area contributed by atoms with Crippen LogP contribution in [0.25, 0.3) is 22.6 Å². The van der Waals surface area contributed by atoms with Gasteiger partial charge in [-0.1, -0.05) is 0 Å². The normalized spacial score (nSPS) is 19.1. The molecular formula is C23H23AsF2N6O2. The standard InChI is InChI=1S/C23H23AsF2N6O2/c24-22-16(23-29-30-31-32(23)19-3-1-2-17(25)20(19)26)10-15(12-28-22)14-4-7-27-18(11-14)21(33)13-5-8-34-9-6-13/h1-3,10-13,18,27H,4-9,24H2. The first-order chi connectivity index (χ1) is 16.5. The van der Waals surface area contributed by atoms with E-state index in [2.05, 4.69) is 25.8 Å². The van der Waals surface area contributed by atoms with E-state index in [1.165, 1.54) is 33.7 Å². The Labute approximate surface area is 203 Å². The molecule has 11 heteroatoms. The van der Waals surface area contributed by atoms with Crippen LogP contribution in [0.2, 0.25) is 0 Å². The molecule has 4 heterocycles. The van der Waals surface area contributed by atoms with Crippen molar-refractivity contribution in [3.8, 4) is 17.1 Å². The number of rotatable bonds is 5. The van der Waals surface area contributed by atoms with Gasteiger partial charge >= 0.3 is 203 Å². The van der Waals surface area contributed by atoms with Gasteiger partial charge in [0.25, 0.3) is 0 Å². The number of ketones is 1. The average molecular weight is 528 g/mol. The summed E-state index contributed by atoms with van der Waals surface area (Å²) in [5, 5.41) is 15.0. The van der Waals surface area contributed by atoms with E-state index in [0.29, 0.717) is 29.8 Å². The van der Waals surface area contributed by atoms with Gasteiger partial charge in [0.15, 0.2) is 0 Å². The first kappa shape index (κ1) is 23.0. The first-order valence-corrected chi connectivity index (χ1v) is 12.3. The van der Waals surface area contributed by atoms with Crippen molar-refractivity contribution in [2.75, 3.05) is 19.8 Å². The summed E-state index contributed by atoms with van der Waals surface area (Å²) in [6.45, 7) is 1.91. The number of hydrogen-bond acceptors (Lipinski definition) is 7. The number of carbonyl (C=O) groups excluding carboxylic acids is 1. The zero-order valence-corrected chi connectivity index (χ0v) is 20.7. The van der Waals surface area contributed by atoms with Crippen LogP contribution in [0.3, 0.4) is 0 Å². The summed E-state index contributed by atoms with van der Waals surface area (Å²) in [5.41, 5.74) is 2.39. The molecule has 0 bridgehead atoms. The number of aromatic nitrogens is 5. The molecule has 2 unspecified atom stereocenters. The molecule has 34 heavy (non-hydrogen) atoms. The molecule has 2 aliphatic heterocycles. The molecule has 0 radical (unpaired) electrons. The SMILES string of the molecule is O=C(C1CCOCC1)C1C=C(c2cnc([AsH2])c(-c3nnnn3-c3cccc(F)c3F)c2)CCN1. The molecule has 2 aliphatic rings. The van der Waals surface area contributed by atoms with Gasteiger partial charge in [-0.15, -0.1) is 0 Å². The third-order valence-electron chi connectivity index (χ3n) is 6.22. The average Bonchev–Trinajstić information content (AvgIpc) is 3.35. The molecule has 0 spiro atoms. The minimum atomic E-state index is -1.03. The quantitative estimate of drug-likeness (QED) is 0.494. The van der Waals surface area contributed by atoms with E-state index in [4.69, 9.17) is 4.74 Å². The molecule has 0 saturated carbocycles. The minimum absolute atomic E-state index is 0.00189. The molecule has 3 aromatic rings. The topological polar surface area (TPSA) is 94.8 Å². The van der Waals surface area contributed by atoms with Gasteiger partial charge in [-0.05, 0) is 0 Å². The zero-order valence-electron chi connectivity index (χ0n) is 18.2. The van der Waals surface area contributed by atoms with Crippen LogP contribution in [0.5, 0.6) is 0 Å². The molecule has 1 N–H and O–H groups in total. The molecule has 0 aliphatic carbocycles. The third-order valence-corrected chi connectivity index (χ3v) is 7.18. The van der Waals surface area contributed by atoms with Crippen LogP contribution < -0.4 is 9.80 Å². The Hall–Kier alpha value is -2.81. The number of tetrazole rings is 1. The van der Waals surface area contributed by atoms with Gasteiger partial charge in [-0.3, -0.25) is 0 Å². The number of hydrogen-bond donors (Lipinski definition) is 1. The predicted molar refractivity (Wildman–Crippen MR) is 123 cm³/mol. The number of ether oxygens (including phenoxy) is 1. The van der Waals surface area contributed by atoms with E-state index in [-0.39, 0.29) is 29.3 Å². The van der Waals surface area contributed by atoms with Crippen molar-refractivity contribution in [2.24, 2.45) is 5.92 Å². The number of Topliss-reactive ketones (excluding diaryl/α,β-unsaturated/α-hetero) is 1. The van der Waals surface area contributed by atoms with Crippen molar-refractivity contribution in [3.63, 3.8) is 0 Å². The van der Waals surface area contributed by atoms with Gasteiger partial charge in [0.1, 0.15) is 0 Å². The number of carbonyl (C=O) groups is 1. The third kappa shape index (κ3) is 4.45. The fourth-order valence-electron chi connectivity index (χ4n) is 4.37. The first-order valence-electron chi connectivity index (χ1n) is 11.1. The van der Waals surface area contributed by atoms with E-state index in [0.717, 1.165) is 36.5 Å². The van der Waals surface area contributed by atoms with Crippen LogP contribution in [0, 0.1) is 17.6 Å². The summed E-state index contributed by atoms with van der Waals surface area (Å²) in [6, 6.07) is 5.41. The number of halogens is 2. The van der Waals surface area contributed by atoms with Crippen molar-refractivity contribution < 1.29 is 18.3 Å². The van der Waals surface area contributed by atoms with E-state index in [1.807, 2.05) is 12.1 Å². The number of nitrogens with one attached hydrogen (secondary N) is 1. The Bertz CT molecular complexity index is 1260. The zero-order chi connectivity index (χ0) is 23.7. The van der Waals surface area contributed by atoms with Crippen LogP contribution >= 0.6 is 0 Å². The second-order valence-corrected chi connectivity index (χ2v) is 9.45. The number of benzene rings is 1. The summed E-state index contributed by atoms with van der Waals surface area (Å²) in [7, 11) is 0. The second kappa shape index (κ2) is 9.82. The Balaban J connectivity index is 1.49. The summed E-state index contributed by atoms with van der Waals surface area (Å²) in [6.07, 6.45) is 5.97. The molecule has 176 valence electrons. The van der Waals surface area contributed by atoms with E-state index in [9.17, 15) is 13.6 Å². The Morgan fingerprint density at radius 3 is 2.88 bits per heavy atom. The summed E-state index contributed by atoms with van der Waals surface area (Å²) >= 11 is 1.26. The number of nitrogens with zero attached hydrogens (tertiary/aromatic N) is 5. The predicted octanol–water partition coefficient (Wildman–Crippen LogP) is 1.00. The second-order valence-electron chi connectivity index (χ2n) is 8.31. The van der Waals surface area contributed by atoms with Crippen LogP contribution in [-0.4, -0.2) is 73.6 Å². The fourth-order valence-corrected chi connectivity index (χ4v) is 4.97. The molecule has 2 atom stereocenters. The number of pyridine rings is 1. The molecule has 1 saturated heterocycles. The molecule has 0 amide bonds. The van der Waals surface area contributed by atoms with Crippen molar-refractivity contribution in [2.45, 2.75) is 25.3 Å². The van der Waals surface area contributed by atoms with Gasteiger partial charge in [0.05, 0.1) is 0 Å².